The van der Waals surface area contributed by atoms with E-state index in [0.29, 0.717) is 6.54 Å². The minimum absolute atomic E-state index is 0. The number of methoxy groups -OCH3 is 1. The van der Waals surface area contributed by atoms with E-state index in [1.807, 2.05) is 55.5 Å². The van der Waals surface area contributed by atoms with Gasteiger partial charge in [0.1, 0.15) is 23.4 Å². The molecule has 0 aliphatic rings. The maximum atomic E-state index is 5.93. The summed E-state index contributed by atoms with van der Waals surface area (Å²) >= 11 is 0. The number of benzene rings is 2. The maximum Gasteiger partial charge on any atom is 0.191 e. The number of aliphatic imine (C=N–C) groups is 1. The van der Waals surface area contributed by atoms with Crippen LogP contribution in [0.15, 0.2) is 53.5 Å². The van der Waals surface area contributed by atoms with Gasteiger partial charge in [-0.3, -0.25) is 4.99 Å². The fourth-order valence-corrected chi connectivity index (χ4v) is 3.00. The summed E-state index contributed by atoms with van der Waals surface area (Å²) in [6.45, 7) is 3.46. The number of guanidine groups is 1. The lowest BCUT2D eigenvalue weighted by Gasteiger charge is -2.18. The Labute approximate surface area is 194 Å². The fourth-order valence-electron chi connectivity index (χ4n) is 3.00. The van der Waals surface area contributed by atoms with E-state index in [4.69, 9.17) is 9.47 Å². The van der Waals surface area contributed by atoms with E-state index < -0.39 is 0 Å². The molecule has 1 atom stereocenters. The van der Waals surface area contributed by atoms with Gasteiger partial charge in [-0.15, -0.1) is 24.0 Å². The number of imidazole rings is 1. The number of hydrogen-bond acceptors (Lipinski definition) is 4. The van der Waals surface area contributed by atoms with Gasteiger partial charge in [-0.1, -0.05) is 18.2 Å². The molecule has 0 saturated heterocycles. The SMILES string of the molecule is CN=C(NCCCc1nc2ccccc2[nH]1)NCC(C)Oc1cccc(OC)c1.I. The molecule has 0 aliphatic heterocycles. The van der Waals surface area contributed by atoms with Gasteiger partial charge in [0.05, 0.1) is 24.7 Å². The number of rotatable bonds is 9. The van der Waals surface area contributed by atoms with Crippen molar-refractivity contribution in [1.29, 1.82) is 0 Å². The Kier molecular flexibility index (Phi) is 9.72. The Balaban J connectivity index is 0.00000320. The number of halogens is 1. The molecule has 0 fully saturated rings. The molecular formula is C22H30IN5O2. The highest BCUT2D eigenvalue weighted by Crippen LogP contribution is 2.19. The van der Waals surface area contributed by atoms with E-state index in [1.54, 1.807) is 14.2 Å². The molecule has 0 bridgehead atoms. The molecule has 162 valence electrons. The van der Waals surface area contributed by atoms with Gasteiger partial charge in [-0.2, -0.15) is 0 Å². The van der Waals surface area contributed by atoms with Gasteiger partial charge < -0.3 is 25.1 Å². The van der Waals surface area contributed by atoms with Crippen LogP contribution in [0.5, 0.6) is 11.5 Å². The van der Waals surface area contributed by atoms with Gasteiger partial charge in [0.2, 0.25) is 0 Å². The van der Waals surface area contributed by atoms with Crippen molar-refractivity contribution in [1.82, 2.24) is 20.6 Å². The molecule has 0 amide bonds. The zero-order chi connectivity index (χ0) is 20.5. The molecule has 30 heavy (non-hydrogen) atoms. The second-order valence-corrected chi connectivity index (χ2v) is 6.79. The number of aromatic nitrogens is 2. The summed E-state index contributed by atoms with van der Waals surface area (Å²) in [5, 5.41) is 6.63. The highest BCUT2D eigenvalue weighted by Gasteiger charge is 2.07. The molecule has 1 unspecified atom stereocenters. The number of aryl methyl sites for hydroxylation is 1. The minimum Gasteiger partial charge on any atom is -0.497 e. The Morgan fingerprint density at radius 1 is 1.13 bits per heavy atom. The van der Waals surface area contributed by atoms with Crippen molar-refractivity contribution < 1.29 is 9.47 Å². The van der Waals surface area contributed by atoms with Crippen LogP contribution < -0.4 is 20.1 Å². The average Bonchev–Trinajstić information content (AvgIpc) is 3.16. The lowest BCUT2D eigenvalue weighted by molar-refractivity contribution is 0.223. The van der Waals surface area contributed by atoms with Crippen LogP contribution in [0.2, 0.25) is 0 Å². The van der Waals surface area contributed by atoms with Gasteiger partial charge in [-0.25, -0.2) is 4.98 Å². The normalized spacial score (nSPS) is 12.2. The quantitative estimate of drug-likeness (QED) is 0.172. The third-order valence-electron chi connectivity index (χ3n) is 4.48. The van der Waals surface area contributed by atoms with Gasteiger partial charge in [0.25, 0.3) is 0 Å². The zero-order valence-corrected chi connectivity index (χ0v) is 20.0. The third kappa shape index (κ3) is 7.08. The van der Waals surface area contributed by atoms with Crippen LogP contribution in [-0.4, -0.2) is 49.3 Å². The molecule has 8 heteroatoms. The molecule has 0 spiro atoms. The smallest absolute Gasteiger partial charge is 0.191 e. The van der Waals surface area contributed by atoms with E-state index in [0.717, 1.165) is 53.7 Å². The fraction of sp³-hybridized carbons (Fsp3) is 0.364. The number of H-pyrrole nitrogens is 1. The van der Waals surface area contributed by atoms with Crippen molar-refractivity contribution in [2.75, 3.05) is 27.2 Å². The van der Waals surface area contributed by atoms with Crippen molar-refractivity contribution in [3.8, 4) is 11.5 Å². The highest BCUT2D eigenvalue weighted by molar-refractivity contribution is 14.0. The van der Waals surface area contributed by atoms with Crippen molar-refractivity contribution in [3.63, 3.8) is 0 Å². The van der Waals surface area contributed by atoms with Crippen molar-refractivity contribution >= 4 is 41.0 Å². The first-order valence-electron chi connectivity index (χ1n) is 9.87. The molecule has 7 nitrogen and oxygen atoms in total. The van der Waals surface area contributed by atoms with Crippen molar-refractivity contribution in [2.45, 2.75) is 25.9 Å². The molecule has 3 N–H and O–H groups in total. The van der Waals surface area contributed by atoms with E-state index in [9.17, 15) is 0 Å². The summed E-state index contributed by atoms with van der Waals surface area (Å²) in [5.41, 5.74) is 2.09. The second kappa shape index (κ2) is 12.3. The lowest BCUT2D eigenvalue weighted by atomic mass is 10.3. The predicted molar refractivity (Wildman–Crippen MR) is 132 cm³/mol. The number of nitrogens with one attached hydrogen (secondary N) is 3. The molecule has 1 heterocycles. The number of aromatic amines is 1. The summed E-state index contributed by atoms with van der Waals surface area (Å²) < 4.78 is 11.2. The number of fused-ring (bicyclic) bond motifs is 1. The molecule has 3 aromatic rings. The predicted octanol–water partition coefficient (Wildman–Crippen LogP) is 3.75. The number of nitrogens with zero attached hydrogens (tertiary/aromatic N) is 2. The summed E-state index contributed by atoms with van der Waals surface area (Å²) in [6.07, 6.45) is 1.82. The highest BCUT2D eigenvalue weighted by atomic mass is 127. The van der Waals surface area contributed by atoms with Crippen molar-refractivity contribution in [2.24, 2.45) is 4.99 Å². The molecule has 0 radical (unpaired) electrons. The lowest BCUT2D eigenvalue weighted by Crippen LogP contribution is -2.42. The van der Waals surface area contributed by atoms with Crippen LogP contribution in [-0.2, 0) is 6.42 Å². The third-order valence-corrected chi connectivity index (χ3v) is 4.48. The topological polar surface area (TPSA) is 83.6 Å². The molecule has 1 aromatic heterocycles. The summed E-state index contributed by atoms with van der Waals surface area (Å²) in [7, 11) is 3.41. The summed E-state index contributed by atoms with van der Waals surface area (Å²) in [6, 6.07) is 15.7. The van der Waals surface area contributed by atoms with Crippen LogP contribution in [0, 0.1) is 0 Å². The van der Waals surface area contributed by atoms with Crippen LogP contribution in [0.25, 0.3) is 11.0 Å². The van der Waals surface area contributed by atoms with E-state index in [2.05, 4.69) is 25.6 Å². The van der Waals surface area contributed by atoms with Crippen LogP contribution in [0.4, 0.5) is 0 Å². The maximum absolute atomic E-state index is 5.93. The molecule has 0 saturated carbocycles. The molecule has 0 aliphatic carbocycles. The zero-order valence-electron chi connectivity index (χ0n) is 17.6. The van der Waals surface area contributed by atoms with Gasteiger partial charge in [0, 0.05) is 26.1 Å². The molecule has 3 rings (SSSR count). The Hall–Kier alpha value is -2.49. The first kappa shape index (κ1) is 23.8. The number of hydrogen-bond donors (Lipinski definition) is 3. The van der Waals surface area contributed by atoms with Gasteiger partial charge in [-0.05, 0) is 37.6 Å². The average molecular weight is 523 g/mol. The summed E-state index contributed by atoms with van der Waals surface area (Å²) in [4.78, 5) is 12.2. The second-order valence-electron chi connectivity index (χ2n) is 6.79. The monoisotopic (exact) mass is 523 g/mol. The van der Waals surface area contributed by atoms with E-state index in [1.165, 1.54) is 0 Å². The number of ether oxygens (including phenoxy) is 2. The Morgan fingerprint density at radius 2 is 1.93 bits per heavy atom. The first-order valence-corrected chi connectivity index (χ1v) is 9.87. The van der Waals surface area contributed by atoms with Gasteiger partial charge >= 0.3 is 0 Å². The standard InChI is InChI=1S/C22H29N5O2.HI/c1-16(29-18-9-6-8-17(14-18)28-3)15-25-22(23-2)24-13-7-12-21-26-19-10-4-5-11-20(19)27-21;/h4-6,8-11,14,16H,7,12-13,15H2,1-3H3,(H,26,27)(H2,23,24,25);1H. The first-order chi connectivity index (χ1) is 14.2. The Morgan fingerprint density at radius 3 is 2.70 bits per heavy atom. The van der Waals surface area contributed by atoms with E-state index >= 15 is 0 Å². The summed E-state index contributed by atoms with van der Waals surface area (Å²) in [5.74, 6) is 3.34. The molecule has 2 aromatic carbocycles. The minimum atomic E-state index is -0.0174. The van der Waals surface area contributed by atoms with Crippen LogP contribution >= 0.6 is 24.0 Å². The van der Waals surface area contributed by atoms with Crippen LogP contribution in [0.3, 0.4) is 0 Å². The number of para-hydroxylation sites is 2. The molecular weight excluding hydrogens is 493 g/mol. The largest absolute Gasteiger partial charge is 0.497 e. The van der Waals surface area contributed by atoms with Gasteiger partial charge in [0.15, 0.2) is 5.96 Å². The Bertz CT molecular complexity index is 911. The van der Waals surface area contributed by atoms with Crippen molar-refractivity contribution in [3.05, 3.63) is 54.4 Å². The van der Waals surface area contributed by atoms with Crippen LogP contribution in [0.1, 0.15) is 19.2 Å². The van der Waals surface area contributed by atoms with E-state index in [-0.39, 0.29) is 30.1 Å².